The molecule has 0 atom stereocenters. The predicted octanol–water partition coefficient (Wildman–Crippen LogP) is 2.58. The maximum absolute atomic E-state index is 12.9. The zero-order chi connectivity index (χ0) is 17.7. The highest BCUT2D eigenvalue weighted by Crippen LogP contribution is 2.46. The Kier molecular flexibility index (Phi) is 3.94. The lowest BCUT2D eigenvalue weighted by molar-refractivity contribution is 0.409. The summed E-state index contributed by atoms with van der Waals surface area (Å²) in [6.45, 7) is 5.95. The van der Waals surface area contributed by atoms with Gasteiger partial charge in [0.05, 0.1) is 0 Å². The van der Waals surface area contributed by atoms with E-state index in [1.54, 1.807) is 0 Å². The van der Waals surface area contributed by atoms with Crippen molar-refractivity contribution in [2.75, 3.05) is 0 Å². The van der Waals surface area contributed by atoms with E-state index in [0.29, 0.717) is 0 Å². The van der Waals surface area contributed by atoms with Gasteiger partial charge in [0.25, 0.3) is 0 Å². The van der Waals surface area contributed by atoms with Gasteiger partial charge in [0.15, 0.2) is 9.79 Å². The molecule has 0 aromatic heterocycles. The molecule has 0 saturated heterocycles. The molecule has 0 bridgehead atoms. The fourth-order valence-corrected chi connectivity index (χ4v) is 4.34. The van der Waals surface area contributed by atoms with E-state index in [4.69, 9.17) is 0 Å². The summed E-state index contributed by atoms with van der Waals surface area (Å²) < 4.78 is 25.8. The molecule has 0 radical (unpaired) electrons. The number of aromatic hydroxyl groups is 4. The van der Waals surface area contributed by atoms with Crippen LogP contribution >= 0.6 is 0 Å². The van der Waals surface area contributed by atoms with Crippen molar-refractivity contribution in [1.82, 2.24) is 0 Å². The highest BCUT2D eigenvalue weighted by Gasteiger charge is 2.34. The number of phenolic OH excluding ortho intramolecular Hbond substituents is 4. The Balaban J connectivity index is 2.97. The summed E-state index contributed by atoms with van der Waals surface area (Å²) in [6.07, 6.45) is 0. The van der Waals surface area contributed by atoms with Gasteiger partial charge in [0.2, 0.25) is 9.84 Å². The van der Waals surface area contributed by atoms with Gasteiger partial charge < -0.3 is 20.4 Å². The zero-order valence-electron chi connectivity index (χ0n) is 13.2. The quantitative estimate of drug-likeness (QED) is 0.669. The van der Waals surface area contributed by atoms with Gasteiger partial charge in [0.1, 0.15) is 23.0 Å². The van der Waals surface area contributed by atoms with Crippen LogP contribution < -0.4 is 0 Å². The normalized spacial score (nSPS) is 11.7. The third kappa shape index (κ3) is 2.46. The van der Waals surface area contributed by atoms with Crippen molar-refractivity contribution in [2.45, 2.75) is 37.5 Å². The van der Waals surface area contributed by atoms with Crippen LogP contribution in [0.2, 0.25) is 0 Å². The topological polar surface area (TPSA) is 115 Å². The summed E-state index contributed by atoms with van der Waals surface area (Å²) in [6, 6.07) is 2.87. The molecule has 0 fully saturated rings. The Bertz CT molecular complexity index is 791. The first kappa shape index (κ1) is 17.0. The Morgan fingerprint density at radius 1 is 0.609 bits per heavy atom. The van der Waals surface area contributed by atoms with Crippen LogP contribution in [0.1, 0.15) is 22.3 Å². The van der Waals surface area contributed by atoms with Crippen molar-refractivity contribution in [2.24, 2.45) is 0 Å². The molecule has 2 rings (SSSR count). The fourth-order valence-electron chi connectivity index (χ4n) is 2.47. The summed E-state index contributed by atoms with van der Waals surface area (Å²) in [7, 11) is -4.55. The van der Waals surface area contributed by atoms with Crippen LogP contribution in [0.4, 0.5) is 0 Å². The molecule has 0 aliphatic carbocycles. The average Bonchev–Trinajstić information content (AvgIpc) is 2.43. The van der Waals surface area contributed by atoms with E-state index in [0.717, 1.165) is 0 Å². The third-order valence-electron chi connectivity index (χ3n) is 3.76. The highest BCUT2D eigenvalue weighted by atomic mass is 32.2. The van der Waals surface area contributed by atoms with Crippen LogP contribution in [0.5, 0.6) is 23.0 Å². The van der Waals surface area contributed by atoms with Crippen LogP contribution in [-0.2, 0) is 9.84 Å². The SMILES string of the molecule is Cc1cc(C)c(O)c(S(=O)(=O)c2c(O)c(C)cc(C)c2O)c1O. The standard InChI is InChI=1S/C16H18O6S/c1-7-5-8(2)12(18)15(11(7)17)23(21,22)16-13(19)9(3)6-10(4)14(16)20/h5-6,17-20H,1-4H3. The number of phenols is 4. The van der Waals surface area contributed by atoms with Crippen molar-refractivity contribution in [3.05, 3.63) is 34.4 Å². The minimum Gasteiger partial charge on any atom is -0.506 e. The van der Waals surface area contributed by atoms with E-state index in [2.05, 4.69) is 0 Å². The third-order valence-corrected chi connectivity index (χ3v) is 5.61. The monoisotopic (exact) mass is 338 g/mol. The molecule has 4 N–H and O–H groups in total. The van der Waals surface area contributed by atoms with E-state index in [1.165, 1.54) is 39.8 Å². The number of benzene rings is 2. The van der Waals surface area contributed by atoms with Crippen molar-refractivity contribution in [1.29, 1.82) is 0 Å². The Morgan fingerprint density at radius 3 is 1.04 bits per heavy atom. The van der Waals surface area contributed by atoms with Gasteiger partial charge >= 0.3 is 0 Å². The molecule has 23 heavy (non-hydrogen) atoms. The number of sulfone groups is 1. The Labute approximate surface area is 134 Å². The fraction of sp³-hybridized carbons (Fsp3) is 0.250. The van der Waals surface area contributed by atoms with Crippen molar-refractivity contribution in [3.63, 3.8) is 0 Å². The molecule has 2 aromatic rings. The molecule has 0 spiro atoms. The van der Waals surface area contributed by atoms with Crippen LogP contribution in [0.15, 0.2) is 21.9 Å². The first-order chi connectivity index (χ1) is 10.5. The molecule has 124 valence electrons. The second kappa shape index (κ2) is 5.34. The summed E-state index contributed by atoms with van der Waals surface area (Å²) in [5.74, 6) is -2.48. The minimum absolute atomic E-state index is 0.252. The molecule has 2 aromatic carbocycles. The number of aryl methyl sites for hydroxylation is 4. The lowest BCUT2D eigenvalue weighted by Gasteiger charge is -2.16. The van der Waals surface area contributed by atoms with Crippen molar-refractivity contribution in [3.8, 4) is 23.0 Å². The molecule has 0 aliphatic rings. The second-order valence-corrected chi connectivity index (χ2v) is 7.40. The first-order valence-electron chi connectivity index (χ1n) is 6.79. The van der Waals surface area contributed by atoms with Gasteiger partial charge in [-0.1, -0.05) is 0 Å². The molecule has 7 heteroatoms. The van der Waals surface area contributed by atoms with Gasteiger partial charge in [-0.25, -0.2) is 8.42 Å². The Morgan fingerprint density at radius 2 is 0.826 bits per heavy atom. The molecular formula is C16H18O6S. The van der Waals surface area contributed by atoms with E-state index >= 15 is 0 Å². The van der Waals surface area contributed by atoms with Crippen LogP contribution in [-0.4, -0.2) is 28.8 Å². The van der Waals surface area contributed by atoms with Crippen molar-refractivity contribution < 1.29 is 28.8 Å². The smallest absolute Gasteiger partial charge is 0.221 e. The Hall–Kier alpha value is -2.41. The summed E-state index contributed by atoms with van der Waals surface area (Å²) in [5.41, 5.74) is 1.01. The van der Waals surface area contributed by atoms with Gasteiger partial charge in [-0.3, -0.25) is 0 Å². The highest BCUT2D eigenvalue weighted by molar-refractivity contribution is 7.92. The van der Waals surface area contributed by atoms with E-state index in [9.17, 15) is 28.8 Å². The van der Waals surface area contributed by atoms with E-state index in [-0.39, 0.29) is 22.3 Å². The maximum atomic E-state index is 12.9. The molecule has 0 amide bonds. The number of rotatable bonds is 2. The first-order valence-corrected chi connectivity index (χ1v) is 8.27. The van der Waals surface area contributed by atoms with Crippen LogP contribution in [0.25, 0.3) is 0 Å². The minimum atomic E-state index is -4.55. The maximum Gasteiger partial charge on any atom is 0.221 e. The van der Waals surface area contributed by atoms with Crippen molar-refractivity contribution >= 4 is 9.84 Å². The lowest BCUT2D eigenvalue weighted by Crippen LogP contribution is -2.07. The molecule has 0 heterocycles. The van der Waals surface area contributed by atoms with Gasteiger partial charge in [-0.15, -0.1) is 0 Å². The largest absolute Gasteiger partial charge is 0.506 e. The number of hydrogen-bond acceptors (Lipinski definition) is 6. The molecule has 0 aliphatic heterocycles. The second-order valence-electron chi connectivity index (χ2n) is 5.58. The van der Waals surface area contributed by atoms with E-state index in [1.807, 2.05) is 0 Å². The molecular weight excluding hydrogens is 320 g/mol. The lowest BCUT2D eigenvalue weighted by atomic mass is 10.1. The van der Waals surface area contributed by atoms with E-state index < -0.39 is 42.6 Å². The zero-order valence-corrected chi connectivity index (χ0v) is 14.0. The molecule has 6 nitrogen and oxygen atoms in total. The summed E-state index contributed by atoms with van der Waals surface area (Å²) in [5, 5.41) is 40.5. The molecule has 0 saturated carbocycles. The number of hydrogen-bond donors (Lipinski definition) is 4. The molecule has 0 unspecified atom stereocenters. The van der Waals surface area contributed by atoms with Gasteiger partial charge in [0, 0.05) is 0 Å². The van der Waals surface area contributed by atoms with Crippen LogP contribution in [0, 0.1) is 27.7 Å². The van der Waals surface area contributed by atoms with Crippen LogP contribution in [0.3, 0.4) is 0 Å². The van der Waals surface area contributed by atoms with Gasteiger partial charge in [-0.2, -0.15) is 0 Å². The average molecular weight is 338 g/mol. The van der Waals surface area contributed by atoms with Gasteiger partial charge in [-0.05, 0) is 62.1 Å². The summed E-state index contributed by atoms with van der Waals surface area (Å²) in [4.78, 5) is -1.46. The predicted molar refractivity (Wildman–Crippen MR) is 83.9 cm³/mol. The summed E-state index contributed by atoms with van der Waals surface area (Å²) >= 11 is 0.